The lowest BCUT2D eigenvalue weighted by Crippen LogP contribution is -2.40. The average Bonchev–Trinajstić information content (AvgIpc) is 2.88. The van der Waals surface area contributed by atoms with Gasteiger partial charge in [0.25, 0.3) is 0 Å². The topological polar surface area (TPSA) is 24.5 Å². The van der Waals surface area contributed by atoms with Gasteiger partial charge in [0.15, 0.2) is 0 Å². The van der Waals surface area contributed by atoms with Crippen LogP contribution in [0, 0.1) is 5.92 Å². The van der Waals surface area contributed by atoms with Crippen molar-refractivity contribution in [2.24, 2.45) is 5.92 Å². The van der Waals surface area contributed by atoms with Crippen LogP contribution in [-0.4, -0.2) is 49.8 Å². The molecule has 0 aromatic rings. The molecule has 0 radical (unpaired) electrons. The first-order valence-electron chi connectivity index (χ1n) is 7.82. The molecule has 2 heterocycles. The number of hydrogen-bond acceptors (Lipinski definition) is 3. The Morgan fingerprint density at radius 2 is 2.00 bits per heavy atom. The highest BCUT2D eigenvalue weighted by atomic mass is 16.5. The monoisotopic (exact) mass is 254 g/mol. The summed E-state index contributed by atoms with van der Waals surface area (Å²) in [5.41, 5.74) is 0. The number of nitrogens with one attached hydrogen (secondary N) is 1. The van der Waals surface area contributed by atoms with Gasteiger partial charge in [0.2, 0.25) is 0 Å². The molecule has 3 nitrogen and oxygen atoms in total. The second-order valence-corrected chi connectivity index (χ2v) is 6.21. The molecular weight excluding hydrogens is 224 g/mol. The highest BCUT2D eigenvalue weighted by molar-refractivity contribution is 4.76. The molecule has 3 heteroatoms. The first-order chi connectivity index (χ1) is 8.75. The van der Waals surface area contributed by atoms with Crippen molar-refractivity contribution < 1.29 is 4.74 Å². The predicted molar refractivity (Wildman–Crippen MR) is 75.9 cm³/mol. The number of hydrogen-bond donors (Lipinski definition) is 1. The third kappa shape index (κ3) is 4.52. The van der Waals surface area contributed by atoms with E-state index in [9.17, 15) is 0 Å². The molecule has 2 rings (SSSR count). The van der Waals surface area contributed by atoms with Gasteiger partial charge >= 0.3 is 0 Å². The van der Waals surface area contributed by atoms with E-state index >= 15 is 0 Å². The molecule has 2 aliphatic heterocycles. The van der Waals surface area contributed by atoms with E-state index in [1.165, 1.54) is 58.3 Å². The molecule has 18 heavy (non-hydrogen) atoms. The molecule has 0 aromatic carbocycles. The van der Waals surface area contributed by atoms with Gasteiger partial charge in [-0.15, -0.1) is 0 Å². The standard InChI is InChI=1S/C15H30N2O/c1-13(2)17(10-7-15-4-3-11-18-15)12-14-5-8-16-9-6-14/h13-16H,3-12H2,1-2H3. The minimum atomic E-state index is 0.541. The maximum atomic E-state index is 5.74. The molecule has 0 spiro atoms. The van der Waals surface area contributed by atoms with Gasteiger partial charge in [-0.3, -0.25) is 0 Å². The van der Waals surface area contributed by atoms with Gasteiger partial charge in [-0.2, -0.15) is 0 Å². The fourth-order valence-corrected chi connectivity index (χ4v) is 3.14. The maximum absolute atomic E-state index is 5.74. The summed E-state index contributed by atoms with van der Waals surface area (Å²) in [6.45, 7) is 10.6. The quantitative estimate of drug-likeness (QED) is 0.787. The van der Waals surface area contributed by atoms with Crippen molar-refractivity contribution >= 4 is 0 Å². The Hall–Kier alpha value is -0.120. The minimum absolute atomic E-state index is 0.541. The van der Waals surface area contributed by atoms with Crippen LogP contribution in [0.4, 0.5) is 0 Å². The van der Waals surface area contributed by atoms with E-state index < -0.39 is 0 Å². The van der Waals surface area contributed by atoms with E-state index in [0.29, 0.717) is 12.1 Å². The third-order valence-electron chi connectivity index (χ3n) is 4.44. The minimum Gasteiger partial charge on any atom is -0.378 e. The van der Waals surface area contributed by atoms with Gasteiger partial charge in [-0.1, -0.05) is 0 Å². The lowest BCUT2D eigenvalue weighted by molar-refractivity contribution is 0.0813. The average molecular weight is 254 g/mol. The molecule has 1 unspecified atom stereocenters. The summed E-state index contributed by atoms with van der Waals surface area (Å²) in [6, 6.07) is 0.668. The normalized spacial score (nSPS) is 26.3. The lowest BCUT2D eigenvalue weighted by Gasteiger charge is -2.33. The fourth-order valence-electron chi connectivity index (χ4n) is 3.14. The Balaban J connectivity index is 1.72. The molecule has 2 aliphatic rings. The summed E-state index contributed by atoms with van der Waals surface area (Å²) in [5.74, 6) is 0.901. The summed E-state index contributed by atoms with van der Waals surface area (Å²) in [5, 5.41) is 3.46. The van der Waals surface area contributed by atoms with Crippen LogP contribution in [0.2, 0.25) is 0 Å². The Morgan fingerprint density at radius 1 is 1.22 bits per heavy atom. The molecule has 0 saturated carbocycles. The highest BCUT2D eigenvalue weighted by Crippen LogP contribution is 2.19. The van der Waals surface area contributed by atoms with Crippen LogP contribution < -0.4 is 5.32 Å². The van der Waals surface area contributed by atoms with Crippen molar-refractivity contribution in [3.63, 3.8) is 0 Å². The van der Waals surface area contributed by atoms with Crippen LogP contribution in [0.15, 0.2) is 0 Å². The lowest BCUT2D eigenvalue weighted by atomic mass is 9.97. The number of ether oxygens (including phenoxy) is 1. The van der Waals surface area contributed by atoms with Gasteiger partial charge < -0.3 is 15.0 Å². The van der Waals surface area contributed by atoms with Gasteiger partial charge in [-0.05, 0) is 65.0 Å². The van der Waals surface area contributed by atoms with E-state index in [-0.39, 0.29) is 0 Å². The predicted octanol–water partition coefficient (Wildman–Crippen LogP) is 2.27. The zero-order chi connectivity index (χ0) is 12.8. The molecule has 106 valence electrons. The van der Waals surface area contributed by atoms with E-state index in [1.54, 1.807) is 0 Å². The summed E-state index contributed by atoms with van der Waals surface area (Å²) in [4.78, 5) is 2.66. The third-order valence-corrected chi connectivity index (χ3v) is 4.44. The Kier molecular flexibility index (Phi) is 5.93. The van der Waals surface area contributed by atoms with Gasteiger partial charge in [0.05, 0.1) is 6.10 Å². The number of nitrogens with zero attached hydrogens (tertiary/aromatic N) is 1. The second kappa shape index (κ2) is 7.46. The van der Waals surface area contributed by atoms with Crippen molar-refractivity contribution in [3.8, 4) is 0 Å². The first-order valence-corrected chi connectivity index (χ1v) is 7.82. The fraction of sp³-hybridized carbons (Fsp3) is 1.00. The summed E-state index contributed by atoms with van der Waals surface area (Å²) in [7, 11) is 0. The van der Waals surface area contributed by atoms with E-state index in [4.69, 9.17) is 4.74 Å². The first kappa shape index (κ1) is 14.3. The molecule has 2 saturated heterocycles. The van der Waals surface area contributed by atoms with Crippen molar-refractivity contribution in [1.29, 1.82) is 0 Å². The number of piperidine rings is 1. The van der Waals surface area contributed by atoms with E-state index in [1.807, 2.05) is 0 Å². The maximum Gasteiger partial charge on any atom is 0.0588 e. The van der Waals surface area contributed by atoms with Crippen molar-refractivity contribution in [2.45, 2.75) is 58.1 Å². The molecule has 0 amide bonds. The highest BCUT2D eigenvalue weighted by Gasteiger charge is 2.21. The summed E-state index contributed by atoms with van der Waals surface area (Å²) < 4.78 is 5.74. The van der Waals surface area contributed by atoms with Crippen molar-refractivity contribution in [2.75, 3.05) is 32.8 Å². The van der Waals surface area contributed by atoms with Gasteiger partial charge in [0, 0.05) is 25.7 Å². The summed E-state index contributed by atoms with van der Waals surface area (Å²) in [6.07, 6.45) is 7.01. The molecule has 1 N–H and O–H groups in total. The van der Waals surface area contributed by atoms with Crippen LogP contribution in [0.25, 0.3) is 0 Å². The van der Waals surface area contributed by atoms with Crippen molar-refractivity contribution in [1.82, 2.24) is 10.2 Å². The molecule has 2 fully saturated rings. The second-order valence-electron chi connectivity index (χ2n) is 6.21. The van der Waals surface area contributed by atoms with Crippen molar-refractivity contribution in [3.05, 3.63) is 0 Å². The Morgan fingerprint density at radius 3 is 2.61 bits per heavy atom. The SMILES string of the molecule is CC(C)N(CCC1CCCO1)CC1CCNCC1. The van der Waals surface area contributed by atoms with Crippen LogP contribution in [0.5, 0.6) is 0 Å². The van der Waals surface area contributed by atoms with Crippen LogP contribution in [0.3, 0.4) is 0 Å². The van der Waals surface area contributed by atoms with E-state index in [2.05, 4.69) is 24.1 Å². The largest absolute Gasteiger partial charge is 0.378 e. The zero-order valence-corrected chi connectivity index (χ0v) is 12.2. The zero-order valence-electron chi connectivity index (χ0n) is 12.2. The Bertz CT molecular complexity index is 221. The summed E-state index contributed by atoms with van der Waals surface area (Å²) >= 11 is 0. The van der Waals surface area contributed by atoms with Crippen LogP contribution >= 0.6 is 0 Å². The molecule has 0 bridgehead atoms. The molecule has 0 aliphatic carbocycles. The van der Waals surface area contributed by atoms with E-state index in [0.717, 1.165) is 12.5 Å². The van der Waals surface area contributed by atoms with Gasteiger partial charge in [0.1, 0.15) is 0 Å². The van der Waals surface area contributed by atoms with Crippen LogP contribution in [0.1, 0.15) is 46.0 Å². The molecule has 0 aromatic heterocycles. The smallest absolute Gasteiger partial charge is 0.0588 e. The molecule has 1 atom stereocenters. The Labute approximate surface area is 112 Å². The number of rotatable bonds is 6. The van der Waals surface area contributed by atoms with Gasteiger partial charge in [-0.25, -0.2) is 0 Å². The van der Waals surface area contributed by atoms with Crippen LogP contribution in [-0.2, 0) is 4.74 Å². The molecular formula is C15H30N2O.